The Bertz CT molecular complexity index is 561. The molecule has 2 N–H and O–H groups in total. The summed E-state index contributed by atoms with van der Waals surface area (Å²) in [6, 6.07) is 9.74. The Hall–Kier alpha value is -2.56. The number of hydrogen-bond acceptors (Lipinski definition) is 3. The molecule has 3 amide bonds. The quantitative estimate of drug-likeness (QED) is 0.852. The highest BCUT2D eigenvalue weighted by Crippen LogP contribution is 2.09. The first-order valence-electron chi connectivity index (χ1n) is 5.37. The van der Waals surface area contributed by atoms with Gasteiger partial charge < -0.3 is 9.73 Å². The molecular weight excluding hydrogens is 232 g/mol. The van der Waals surface area contributed by atoms with Gasteiger partial charge in [0.15, 0.2) is 5.76 Å². The fourth-order valence-corrected chi connectivity index (χ4v) is 1.46. The van der Waals surface area contributed by atoms with Crippen molar-refractivity contribution < 1.29 is 14.0 Å². The monoisotopic (exact) mass is 244 g/mol. The van der Waals surface area contributed by atoms with Crippen molar-refractivity contribution in [3.05, 3.63) is 54.0 Å². The van der Waals surface area contributed by atoms with E-state index in [4.69, 9.17) is 4.42 Å². The molecule has 0 unspecified atom stereocenters. The van der Waals surface area contributed by atoms with Gasteiger partial charge in [0.05, 0.1) is 6.26 Å². The molecule has 0 fully saturated rings. The van der Waals surface area contributed by atoms with E-state index in [1.54, 1.807) is 18.2 Å². The van der Waals surface area contributed by atoms with E-state index >= 15 is 0 Å². The SMILES string of the molecule is Cc1cccc(NC(=O)NC(=O)c2ccco2)c1. The van der Waals surface area contributed by atoms with Crippen LogP contribution in [0.3, 0.4) is 0 Å². The molecule has 2 rings (SSSR count). The van der Waals surface area contributed by atoms with Crippen LogP contribution in [0, 0.1) is 6.92 Å². The van der Waals surface area contributed by atoms with E-state index in [9.17, 15) is 9.59 Å². The molecule has 0 saturated heterocycles. The highest BCUT2D eigenvalue weighted by molar-refractivity contribution is 6.06. The Morgan fingerprint density at radius 3 is 2.67 bits per heavy atom. The Morgan fingerprint density at radius 2 is 2.00 bits per heavy atom. The van der Waals surface area contributed by atoms with Crippen molar-refractivity contribution in [3.63, 3.8) is 0 Å². The Balaban J connectivity index is 1.95. The summed E-state index contributed by atoms with van der Waals surface area (Å²) in [6.07, 6.45) is 1.37. The number of urea groups is 1. The van der Waals surface area contributed by atoms with Gasteiger partial charge in [-0.3, -0.25) is 10.1 Å². The van der Waals surface area contributed by atoms with Crippen molar-refractivity contribution in [2.45, 2.75) is 6.92 Å². The first kappa shape index (κ1) is 11.9. The van der Waals surface area contributed by atoms with Crippen LogP contribution >= 0.6 is 0 Å². The molecule has 0 saturated carbocycles. The van der Waals surface area contributed by atoms with E-state index < -0.39 is 11.9 Å². The molecule has 0 aliphatic heterocycles. The molecule has 5 heteroatoms. The summed E-state index contributed by atoms with van der Waals surface area (Å²) in [4.78, 5) is 23.1. The average Bonchev–Trinajstić information content (AvgIpc) is 2.81. The van der Waals surface area contributed by atoms with Crippen molar-refractivity contribution in [2.75, 3.05) is 5.32 Å². The van der Waals surface area contributed by atoms with Gasteiger partial charge in [-0.05, 0) is 36.8 Å². The highest BCUT2D eigenvalue weighted by atomic mass is 16.3. The zero-order chi connectivity index (χ0) is 13.0. The fraction of sp³-hybridized carbons (Fsp3) is 0.0769. The van der Waals surface area contributed by atoms with Gasteiger partial charge in [-0.2, -0.15) is 0 Å². The third-order valence-electron chi connectivity index (χ3n) is 2.25. The minimum atomic E-state index is -0.595. The van der Waals surface area contributed by atoms with Crippen LogP contribution < -0.4 is 10.6 Å². The smallest absolute Gasteiger partial charge is 0.326 e. The number of carbonyl (C=O) groups is 2. The van der Waals surface area contributed by atoms with E-state index in [1.165, 1.54) is 12.3 Å². The van der Waals surface area contributed by atoms with Crippen molar-refractivity contribution >= 4 is 17.6 Å². The summed E-state index contributed by atoms with van der Waals surface area (Å²) in [5.74, 6) is -0.487. The Kier molecular flexibility index (Phi) is 3.43. The number of amides is 3. The number of aryl methyl sites for hydroxylation is 1. The molecule has 0 atom stereocenters. The fourth-order valence-electron chi connectivity index (χ4n) is 1.46. The minimum absolute atomic E-state index is 0.0920. The predicted molar refractivity (Wildman–Crippen MR) is 66.4 cm³/mol. The van der Waals surface area contributed by atoms with Crippen molar-refractivity contribution in [2.24, 2.45) is 0 Å². The van der Waals surface area contributed by atoms with Gasteiger partial charge in [0.2, 0.25) is 0 Å². The van der Waals surface area contributed by atoms with E-state index in [0.29, 0.717) is 5.69 Å². The lowest BCUT2D eigenvalue weighted by Crippen LogP contribution is -2.34. The van der Waals surface area contributed by atoms with Crippen molar-refractivity contribution in [3.8, 4) is 0 Å². The second-order valence-electron chi connectivity index (χ2n) is 3.76. The topological polar surface area (TPSA) is 71.3 Å². The van der Waals surface area contributed by atoms with E-state index in [1.807, 2.05) is 19.1 Å². The highest BCUT2D eigenvalue weighted by Gasteiger charge is 2.12. The first-order chi connectivity index (χ1) is 8.65. The summed E-state index contributed by atoms with van der Waals surface area (Å²) in [5.41, 5.74) is 1.64. The second-order valence-corrected chi connectivity index (χ2v) is 3.76. The van der Waals surface area contributed by atoms with Crippen LogP contribution in [0.1, 0.15) is 16.1 Å². The average molecular weight is 244 g/mol. The summed E-state index contributed by atoms with van der Waals surface area (Å²) in [5, 5.41) is 4.73. The third-order valence-corrected chi connectivity index (χ3v) is 2.25. The van der Waals surface area contributed by atoms with Crippen LogP contribution in [-0.4, -0.2) is 11.9 Å². The molecular formula is C13H12N2O3. The van der Waals surface area contributed by atoms with Gasteiger partial charge >= 0.3 is 6.03 Å². The Labute approximate surface area is 104 Å². The number of anilines is 1. The van der Waals surface area contributed by atoms with Gasteiger partial charge in [0, 0.05) is 5.69 Å². The molecule has 0 aliphatic carbocycles. The minimum Gasteiger partial charge on any atom is -0.459 e. The van der Waals surface area contributed by atoms with Gasteiger partial charge in [-0.15, -0.1) is 0 Å². The summed E-state index contributed by atoms with van der Waals surface area (Å²) < 4.78 is 4.87. The molecule has 1 aromatic carbocycles. The molecule has 18 heavy (non-hydrogen) atoms. The van der Waals surface area contributed by atoms with Crippen LogP contribution in [0.5, 0.6) is 0 Å². The zero-order valence-electron chi connectivity index (χ0n) is 9.77. The molecule has 92 valence electrons. The summed E-state index contributed by atoms with van der Waals surface area (Å²) in [6.45, 7) is 1.91. The predicted octanol–water partition coefficient (Wildman–Crippen LogP) is 2.55. The normalized spacial score (nSPS) is 9.83. The molecule has 0 bridgehead atoms. The summed E-state index contributed by atoms with van der Waals surface area (Å²) in [7, 11) is 0. The molecule has 1 heterocycles. The molecule has 0 aliphatic rings. The van der Waals surface area contributed by atoms with Crippen LogP contribution in [0.4, 0.5) is 10.5 Å². The molecule has 2 aromatic rings. The van der Waals surface area contributed by atoms with E-state index in [-0.39, 0.29) is 5.76 Å². The van der Waals surface area contributed by atoms with Gasteiger partial charge in [-0.1, -0.05) is 12.1 Å². The molecule has 1 aromatic heterocycles. The van der Waals surface area contributed by atoms with E-state index in [0.717, 1.165) is 5.56 Å². The van der Waals surface area contributed by atoms with Gasteiger partial charge in [0.1, 0.15) is 0 Å². The lowest BCUT2D eigenvalue weighted by Gasteiger charge is -2.06. The zero-order valence-corrected chi connectivity index (χ0v) is 9.77. The van der Waals surface area contributed by atoms with Crippen LogP contribution in [0.25, 0.3) is 0 Å². The molecule has 0 radical (unpaired) electrons. The van der Waals surface area contributed by atoms with Crippen molar-refractivity contribution in [1.82, 2.24) is 5.32 Å². The number of benzene rings is 1. The van der Waals surface area contributed by atoms with Crippen molar-refractivity contribution in [1.29, 1.82) is 0 Å². The lowest BCUT2D eigenvalue weighted by atomic mass is 10.2. The Morgan fingerprint density at radius 1 is 1.17 bits per heavy atom. The largest absolute Gasteiger partial charge is 0.459 e. The maximum atomic E-state index is 11.5. The molecule has 0 spiro atoms. The maximum absolute atomic E-state index is 11.5. The summed E-state index contributed by atoms with van der Waals surface area (Å²) >= 11 is 0. The number of imide groups is 1. The number of rotatable bonds is 2. The number of carbonyl (C=O) groups excluding carboxylic acids is 2. The first-order valence-corrected chi connectivity index (χ1v) is 5.37. The molecule has 5 nitrogen and oxygen atoms in total. The van der Waals surface area contributed by atoms with Gasteiger partial charge in [0.25, 0.3) is 5.91 Å². The maximum Gasteiger partial charge on any atom is 0.326 e. The van der Waals surface area contributed by atoms with Crippen LogP contribution in [-0.2, 0) is 0 Å². The van der Waals surface area contributed by atoms with Crippen LogP contribution in [0.2, 0.25) is 0 Å². The lowest BCUT2D eigenvalue weighted by molar-refractivity contribution is 0.0940. The number of furan rings is 1. The number of nitrogens with one attached hydrogen (secondary N) is 2. The standard InChI is InChI=1S/C13H12N2O3/c1-9-4-2-5-10(8-9)14-13(17)15-12(16)11-6-3-7-18-11/h2-8H,1H3,(H2,14,15,16,17). The second kappa shape index (κ2) is 5.18. The van der Waals surface area contributed by atoms with E-state index in [2.05, 4.69) is 10.6 Å². The van der Waals surface area contributed by atoms with Gasteiger partial charge in [-0.25, -0.2) is 4.79 Å². The third kappa shape index (κ3) is 2.98. The number of hydrogen-bond donors (Lipinski definition) is 2. The van der Waals surface area contributed by atoms with Crippen LogP contribution in [0.15, 0.2) is 47.1 Å².